The summed E-state index contributed by atoms with van der Waals surface area (Å²) in [6.45, 7) is 5.88. The molecule has 0 atom stereocenters. The van der Waals surface area contributed by atoms with Crippen molar-refractivity contribution in [1.29, 1.82) is 0 Å². The van der Waals surface area contributed by atoms with Crippen molar-refractivity contribution in [3.63, 3.8) is 0 Å². The summed E-state index contributed by atoms with van der Waals surface area (Å²) in [5, 5.41) is 0.692. The lowest BCUT2D eigenvalue weighted by atomic mass is 10.2. The van der Waals surface area contributed by atoms with Crippen LogP contribution in [0.1, 0.15) is 42.1 Å². The number of aromatic nitrogens is 1. The number of ether oxygens (including phenoxy) is 2. The zero-order chi connectivity index (χ0) is 21.5. The Morgan fingerprint density at radius 3 is 2.80 bits per heavy atom. The third-order valence-corrected chi connectivity index (χ3v) is 6.30. The van der Waals surface area contributed by atoms with E-state index in [9.17, 15) is 4.79 Å². The molecule has 0 N–H and O–H groups in total. The normalized spacial score (nSPS) is 11.9. The molecule has 0 aliphatic heterocycles. The summed E-state index contributed by atoms with van der Waals surface area (Å²) in [6, 6.07) is 11.1. The van der Waals surface area contributed by atoms with E-state index in [2.05, 4.69) is 11.9 Å². The summed E-state index contributed by atoms with van der Waals surface area (Å²) < 4.78 is 14.1. The summed E-state index contributed by atoms with van der Waals surface area (Å²) in [6.07, 6.45) is 3.27. The lowest BCUT2D eigenvalue weighted by Gasteiger charge is -2.08. The smallest absolute Gasteiger partial charge is 0.279 e. The molecule has 30 heavy (non-hydrogen) atoms. The van der Waals surface area contributed by atoms with E-state index in [4.69, 9.17) is 21.1 Å². The Morgan fingerprint density at radius 2 is 2.03 bits per heavy atom. The van der Waals surface area contributed by atoms with E-state index in [1.54, 1.807) is 19.2 Å². The van der Waals surface area contributed by atoms with Crippen molar-refractivity contribution in [2.24, 2.45) is 4.99 Å². The summed E-state index contributed by atoms with van der Waals surface area (Å²) in [7, 11) is 1.66. The molecule has 1 heterocycles. The number of carbonyl (C=O) groups is 1. The average Bonchev–Trinajstić information content (AvgIpc) is 3.10. The Kier molecular flexibility index (Phi) is 8.08. The van der Waals surface area contributed by atoms with Crippen LogP contribution in [0.2, 0.25) is 5.02 Å². The molecule has 0 radical (unpaired) electrons. The predicted molar refractivity (Wildman–Crippen MR) is 123 cm³/mol. The molecule has 0 bridgehead atoms. The molecule has 0 aliphatic rings. The van der Waals surface area contributed by atoms with Gasteiger partial charge in [0.1, 0.15) is 5.75 Å². The van der Waals surface area contributed by atoms with Crippen molar-refractivity contribution in [3.05, 3.63) is 57.3 Å². The number of unbranched alkanes of at least 4 members (excludes halogenated alkanes) is 2. The van der Waals surface area contributed by atoms with E-state index >= 15 is 0 Å². The number of halogens is 1. The summed E-state index contributed by atoms with van der Waals surface area (Å²) in [4.78, 5) is 18.0. The van der Waals surface area contributed by atoms with Crippen LogP contribution in [0.4, 0.5) is 0 Å². The second-order valence-corrected chi connectivity index (χ2v) is 8.46. The number of carbonyl (C=O) groups excluding carboxylic acids is 1. The molecule has 7 heteroatoms. The van der Waals surface area contributed by atoms with Crippen LogP contribution < -0.4 is 9.54 Å². The number of aryl methyl sites for hydroxylation is 1. The van der Waals surface area contributed by atoms with E-state index in [-0.39, 0.29) is 5.91 Å². The lowest BCUT2D eigenvalue weighted by molar-refractivity contribution is 0.0997. The molecule has 0 fully saturated rings. The minimum absolute atomic E-state index is 0.296. The van der Waals surface area contributed by atoms with Gasteiger partial charge in [-0.05, 0) is 49.2 Å². The first-order valence-corrected chi connectivity index (χ1v) is 11.3. The topological polar surface area (TPSA) is 52.8 Å². The molecule has 3 rings (SSSR count). The molecule has 1 aromatic heterocycles. The zero-order valence-corrected chi connectivity index (χ0v) is 19.2. The minimum Gasteiger partial charge on any atom is -0.494 e. The standard InChI is InChI=1S/C23H27ClN2O3S/c1-4-5-6-13-29-18-9-7-8-17(15-18)22(27)25-23-26(12-14-28-3)21-16(2)19(24)10-11-20(21)30-23/h7-11,15H,4-6,12-14H2,1-3H3. The van der Waals surface area contributed by atoms with Crippen molar-refractivity contribution in [3.8, 4) is 5.75 Å². The molecule has 2 aromatic carbocycles. The molecule has 0 aliphatic carbocycles. The van der Waals surface area contributed by atoms with Gasteiger partial charge in [0.2, 0.25) is 0 Å². The number of hydrogen-bond donors (Lipinski definition) is 0. The van der Waals surface area contributed by atoms with Gasteiger partial charge in [0.15, 0.2) is 4.80 Å². The quantitative estimate of drug-likeness (QED) is 0.401. The average molecular weight is 447 g/mol. The van der Waals surface area contributed by atoms with E-state index in [0.717, 1.165) is 35.0 Å². The van der Waals surface area contributed by atoms with Gasteiger partial charge in [-0.1, -0.05) is 48.8 Å². The van der Waals surface area contributed by atoms with Crippen molar-refractivity contribution in [2.75, 3.05) is 20.3 Å². The first-order valence-electron chi connectivity index (χ1n) is 10.1. The largest absolute Gasteiger partial charge is 0.494 e. The molecular weight excluding hydrogens is 420 g/mol. The van der Waals surface area contributed by atoms with Crippen LogP contribution in [0.3, 0.4) is 0 Å². The van der Waals surface area contributed by atoms with Crippen LogP contribution in [0.25, 0.3) is 10.2 Å². The number of fused-ring (bicyclic) bond motifs is 1. The van der Waals surface area contributed by atoms with Crippen LogP contribution >= 0.6 is 22.9 Å². The van der Waals surface area contributed by atoms with Crippen molar-refractivity contribution in [1.82, 2.24) is 4.57 Å². The van der Waals surface area contributed by atoms with Gasteiger partial charge in [-0.25, -0.2) is 0 Å². The summed E-state index contributed by atoms with van der Waals surface area (Å²) in [5.41, 5.74) is 2.47. The Morgan fingerprint density at radius 1 is 1.20 bits per heavy atom. The van der Waals surface area contributed by atoms with Crippen LogP contribution in [-0.4, -0.2) is 30.8 Å². The number of nitrogens with zero attached hydrogens (tertiary/aromatic N) is 2. The maximum absolute atomic E-state index is 12.9. The third-order valence-electron chi connectivity index (χ3n) is 4.84. The van der Waals surface area contributed by atoms with Gasteiger partial charge in [-0.15, -0.1) is 0 Å². The minimum atomic E-state index is -0.296. The van der Waals surface area contributed by atoms with Crippen molar-refractivity contribution < 1.29 is 14.3 Å². The van der Waals surface area contributed by atoms with Crippen LogP contribution in [0.15, 0.2) is 41.4 Å². The Labute approximate surface area is 185 Å². The SMILES string of the molecule is CCCCCOc1cccc(C(=O)N=c2sc3ccc(Cl)c(C)c3n2CCOC)c1. The number of rotatable bonds is 9. The second-order valence-electron chi connectivity index (χ2n) is 7.05. The van der Waals surface area contributed by atoms with Gasteiger partial charge in [0.05, 0.1) is 23.4 Å². The third kappa shape index (κ3) is 5.31. The molecule has 1 amide bonds. The number of methoxy groups -OCH3 is 1. The van der Waals surface area contributed by atoms with Crippen molar-refractivity contribution in [2.45, 2.75) is 39.7 Å². The molecule has 160 valence electrons. The number of amides is 1. The molecule has 0 saturated carbocycles. The molecule has 3 aromatic rings. The van der Waals surface area contributed by atoms with E-state index in [0.29, 0.717) is 40.9 Å². The molecule has 0 unspecified atom stereocenters. The highest BCUT2D eigenvalue weighted by atomic mass is 35.5. The molecule has 0 saturated heterocycles. The van der Waals surface area contributed by atoms with Gasteiger partial charge in [0.25, 0.3) is 5.91 Å². The maximum atomic E-state index is 12.9. The molecular formula is C23H27ClN2O3S. The highest BCUT2D eigenvalue weighted by Gasteiger charge is 2.13. The fourth-order valence-corrected chi connectivity index (χ4v) is 4.47. The van der Waals surface area contributed by atoms with E-state index in [1.165, 1.54) is 11.3 Å². The first kappa shape index (κ1) is 22.5. The summed E-state index contributed by atoms with van der Waals surface area (Å²) >= 11 is 7.81. The fraction of sp³-hybridized carbons (Fsp3) is 0.391. The second kappa shape index (κ2) is 10.8. The maximum Gasteiger partial charge on any atom is 0.279 e. The highest BCUT2D eigenvalue weighted by molar-refractivity contribution is 7.16. The van der Waals surface area contributed by atoms with Crippen LogP contribution in [0, 0.1) is 6.92 Å². The Balaban J connectivity index is 1.94. The Hall–Kier alpha value is -2.15. The number of thiazole rings is 1. The zero-order valence-electron chi connectivity index (χ0n) is 17.6. The molecule has 0 spiro atoms. The monoisotopic (exact) mass is 446 g/mol. The number of benzene rings is 2. The van der Waals surface area contributed by atoms with Crippen LogP contribution in [0.5, 0.6) is 5.75 Å². The summed E-state index contributed by atoms with van der Waals surface area (Å²) in [5.74, 6) is 0.397. The van der Waals surface area contributed by atoms with E-state index in [1.807, 2.05) is 35.8 Å². The number of hydrogen-bond acceptors (Lipinski definition) is 4. The highest BCUT2D eigenvalue weighted by Crippen LogP contribution is 2.27. The van der Waals surface area contributed by atoms with Crippen molar-refractivity contribution >= 4 is 39.1 Å². The van der Waals surface area contributed by atoms with Gasteiger partial charge >= 0.3 is 0 Å². The van der Waals surface area contributed by atoms with Crippen LogP contribution in [-0.2, 0) is 11.3 Å². The fourth-order valence-electron chi connectivity index (χ4n) is 3.20. The predicted octanol–water partition coefficient (Wildman–Crippen LogP) is 5.62. The first-order chi connectivity index (χ1) is 14.5. The van der Waals surface area contributed by atoms with E-state index < -0.39 is 0 Å². The van der Waals surface area contributed by atoms with Gasteiger partial charge in [0, 0.05) is 24.2 Å². The van der Waals surface area contributed by atoms with Gasteiger partial charge in [-0.2, -0.15) is 4.99 Å². The van der Waals surface area contributed by atoms with Gasteiger partial charge in [-0.3, -0.25) is 4.79 Å². The molecule has 5 nitrogen and oxygen atoms in total. The van der Waals surface area contributed by atoms with Gasteiger partial charge < -0.3 is 14.0 Å². The lowest BCUT2D eigenvalue weighted by Crippen LogP contribution is -2.19. The Bertz CT molecular complexity index is 1090.